The lowest BCUT2D eigenvalue weighted by Gasteiger charge is -2.24. The molecule has 8 heteroatoms. The normalized spacial score (nSPS) is 10.6. The lowest BCUT2D eigenvalue weighted by Crippen LogP contribution is -2.35. The molecule has 0 spiro atoms. The number of ether oxygens (including phenoxy) is 2. The summed E-state index contributed by atoms with van der Waals surface area (Å²) in [4.78, 5) is 40.3. The minimum Gasteiger partial charge on any atom is -0.493 e. The number of carbonyl (C=O) groups excluding carboxylic acids is 2. The zero-order valence-electron chi connectivity index (χ0n) is 24.4. The van der Waals surface area contributed by atoms with Crippen molar-refractivity contribution < 1.29 is 29.0 Å². The number of methoxy groups -OCH3 is 1. The molecule has 222 valence electrons. The number of hydrogen-bond donors (Lipinski definition) is 2. The van der Waals surface area contributed by atoms with E-state index in [-0.39, 0.29) is 31.3 Å². The highest BCUT2D eigenvalue weighted by molar-refractivity contribution is 6.06. The number of rotatable bonds is 14. The Labute approximate surface area is 251 Å². The summed E-state index contributed by atoms with van der Waals surface area (Å²) >= 11 is 0. The van der Waals surface area contributed by atoms with E-state index in [9.17, 15) is 19.5 Å². The van der Waals surface area contributed by atoms with Gasteiger partial charge in [0.25, 0.3) is 11.8 Å². The molecule has 0 saturated heterocycles. The maximum atomic E-state index is 14.0. The number of aliphatic carboxylic acids is 1. The second-order valence-electron chi connectivity index (χ2n) is 9.86. The van der Waals surface area contributed by atoms with Crippen LogP contribution in [0.15, 0.2) is 97.1 Å². The quantitative estimate of drug-likeness (QED) is 0.194. The minimum absolute atomic E-state index is 0.0376. The first-order chi connectivity index (χ1) is 20.9. The van der Waals surface area contributed by atoms with Gasteiger partial charge in [0.2, 0.25) is 0 Å². The van der Waals surface area contributed by atoms with E-state index in [0.717, 1.165) is 11.1 Å². The summed E-state index contributed by atoms with van der Waals surface area (Å²) < 4.78 is 11.1. The molecule has 0 fully saturated rings. The molecule has 0 aliphatic heterocycles. The van der Waals surface area contributed by atoms with Crippen LogP contribution in [0, 0.1) is 0 Å². The van der Waals surface area contributed by atoms with Crippen LogP contribution in [0.2, 0.25) is 0 Å². The van der Waals surface area contributed by atoms with Crippen LogP contribution in [0.25, 0.3) is 11.1 Å². The summed E-state index contributed by atoms with van der Waals surface area (Å²) in [6.45, 7) is 3.09. The van der Waals surface area contributed by atoms with Gasteiger partial charge in [-0.2, -0.15) is 0 Å². The average molecular weight is 581 g/mol. The van der Waals surface area contributed by atoms with Crippen LogP contribution >= 0.6 is 0 Å². The third kappa shape index (κ3) is 8.23. The Morgan fingerprint density at radius 2 is 1.42 bits per heavy atom. The van der Waals surface area contributed by atoms with Gasteiger partial charge in [0, 0.05) is 30.8 Å². The third-order valence-corrected chi connectivity index (χ3v) is 7.00. The molecule has 0 unspecified atom stereocenters. The van der Waals surface area contributed by atoms with Gasteiger partial charge in [-0.15, -0.1) is 0 Å². The number of benzene rings is 4. The largest absolute Gasteiger partial charge is 0.493 e. The van der Waals surface area contributed by atoms with Gasteiger partial charge < -0.3 is 24.8 Å². The summed E-state index contributed by atoms with van der Waals surface area (Å²) in [6, 6.07) is 29.5. The van der Waals surface area contributed by atoms with Crippen molar-refractivity contribution >= 4 is 17.8 Å². The molecule has 0 radical (unpaired) electrons. The number of amides is 2. The van der Waals surface area contributed by atoms with Gasteiger partial charge in [-0.25, -0.2) is 0 Å². The molecule has 43 heavy (non-hydrogen) atoms. The van der Waals surface area contributed by atoms with E-state index in [0.29, 0.717) is 53.3 Å². The first-order valence-electron chi connectivity index (χ1n) is 14.2. The molecule has 0 aliphatic carbocycles. The zero-order chi connectivity index (χ0) is 30.6. The van der Waals surface area contributed by atoms with Crippen molar-refractivity contribution in [1.29, 1.82) is 0 Å². The van der Waals surface area contributed by atoms with Crippen molar-refractivity contribution in [3.05, 3.63) is 119 Å². The van der Waals surface area contributed by atoms with Crippen molar-refractivity contribution in [2.24, 2.45) is 0 Å². The highest BCUT2D eigenvalue weighted by atomic mass is 16.5. The number of carboxylic acid groups (broad SMARTS) is 1. The third-order valence-electron chi connectivity index (χ3n) is 7.00. The van der Waals surface area contributed by atoms with Crippen LogP contribution in [-0.4, -0.2) is 54.6 Å². The molecule has 4 aromatic rings. The van der Waals surface area contributed by atoms with Crippen LogP contribution in [-0.2, 0) is 17.8 Å². The fourth-order valence-corrected chi connectivity index (χ4v) is 4.82. The molecule has 0 heterocycles. The topological polar surface area (TPSA) is 105 Å². The first kappa shape index (κ1) is 30.8. The maximum absolute atomic E-state index is 14.0. The minimum atomic E-state index is -0.991. The zero-order valence-corrected chi connectivity index (χ0v) is 24.4. The van der Waals surface area contributed by atoms with Crippen molar-refractivity contribution in [3.63, 3.8) is 0 Å². The maximum Gasteiger partial charge on any atom is 0.305 e. The van der Waals surface area contributed by atoms with Gasteiger partial charge in [-0.05, 0) is 59.9 Å². The van der Waals surface area contributed by atoms with E-state index < -0.39 is 5.97 Å². The molecule has 0 atom stereocenters. The van der Waals surface area contributed by atoms with E-state index in [1.807, 2.05) is 79.7 Å². The summed E-state index contributed by atoms with van der Waals surface area (Å²) in [5.74, 6) is -0.333. The number of nitrogens with one attached hydrogen (secondary N) is 1. The Morgan fingerprint density at radius 1 is 0.767 bits per heavy atom. The number of hydrogen-bond acceptors (Lipinski definition) is 5. The first-order valence-corrected chi connectivity index (χ1v) is 14.2. The highest BCUT2D eigenvalue weighted by Gasteiger charge is 2.23. The SMILES string of the molecule is CCOc1ccc(CCN(CCC(=O)O)C(=O)c2ccccc2-c2ccccc2C(=O)NCc2ccccc2)cc1OC. The Kier molecular flexibility index (Phi) is 10.9. The molecule has 8 nitrogen and oxygen atoms in total. The molecule has 0 saturated carbocycles. The number of nitrogens with zero attached hydrogens (tertiary/aromatic N) is 1. The van der Waals surface area contributed by atoms with Gasteiger partial charge in [-0.1, -0.05) is 72.8 Å². The van der Waals surface area contributed by atoms with E-state index in [1.165, 1.54) is 0 Å². The van der Waals surface area contributed by atoms with Gasteiger partial charge >= 0.3 is 5.97 Å². The van der Waals surface area contributed by atoms with Gasteiger partial charge in [0.1, 0.15) is 0 Å². The molecular formula is C35H36N2O6. The fraction of sp³-hybridized carbons (Fsp3) is 0.229. The standard InChI is InChI=1S/C35H36N2O6/c1-3-43-31-18-17-25(23-32(31)42-2)19-21-37(22-20-33(38)39)35(41)30-16-10-8-14-28(30)27-13-7-9-15-29(27)34(40)36-24-26-11-5-4-6-12-26/h4-18,23H,3,19-22,24H2,1-2H3,(H,36,40)(H,38,39). The molecule has 4 rings (SSSR count). The van der Waals surface area contributed by atoms with E-state index in [2.05, 4.69) is 5.32 Å². The van der Waals surface area contributed by atoms with Crippen molar-refractivity contribution in [3.8, 4) is 22.6 Å². The van der Waals surface area contributed by atoms with Crippen LogP contribution in [0.1, 0.15) is 45.2 Å². The molecule has 0 bridgehead atoms. The Bertz CT molecular complexity index is 1550. The summed E-state index contributed by atoms with van der Waals surface area (Å²) in [5, 5.41) is 12.4. The average Bonchev–Trinajstić information content (AvgIpc) is 3.04. The molecule has 0 aliphatic rings. The molecule has 4 aromatic carbocycles. The Balaban J connectivity index is 1.59. The number of carbonyl (C=O) groups is 3. The van der Waals surface area contributed by atoms with Crippen LogP contribution in [0.4, 0.5) is 0 Å². The van der Waals surface area contributed by atoms with Crippen molar-refractivity contribution in [2.75, 3.05) is 26.8 Å². The van der Waals surface area contributed by atoms with Crippen LogP contribution in [0.3, 0.4) is 0 Å². The van der Waals surface area contributed by atoms with Gasteiger partial charge in [0.15, 0.2) is 11.5 Å². The summed E-state index contributed by atoms with van der Waals surface area (Å²) in [6.07, 6.45) is 0.285. The lowest BCUT2D eigenvalue weighted by molar-refractivity contribution is -0.137. The van der Waals surface area contributed by atoms with Gasteiger partial charge in [0.05, 0.1) is 20.1 Å². The predicted molar refractivity (Wildman–Crippen MR) is 166 cm³/mol. The monoisotopic (exact) mass is 580 g/mol. The van der Waals surface area contributed by atoms with Gasteiger partial charge in [-0.3, -0.25) is 14.4 Å². The van der Waals surface area contributed by atoms with E-state index in [4.69, 9.17) is 9.47 Å². The predicted octanol–water partition coefficient (Wildman–Crippen LogP) is 5.85. The molecule has 2 amide bonds. The fourth-order valence-electron chi connectivity index (χ4n) is 4.82. The molecule has 2 N–H and O–H groups in total. The Morgan fingerprint density at radius 3 is 2.09 bits per heavy atom. The van der Waals surface area contributed by atoms with E-state index >= 15 is 0 Å². The van der Waals surface area contributed by atoms with Crippen molar-refractivity contribution in [2.45, 2.75) is 26.3 Å². The second kappa shape index (κ2) is 15.2. The van der Waals surface area contributed by atoms with Crippen LogP contribution < -0.4 is 14.8 Å². The number of carboxylic acids is 1. The smallest absolute Gasteiger partial charge is 0.305 e. The van der Waals surface area contributed by atoms with Crippen molar-refractivity contribution in [1.82, 2.24) is 10.2 Å². The molecule has 0 aromatic heterocycles. The van der Waals surface area contributed by atoms with E-state index in [1.54, 1.807) is 36.3 Å². The lowest BCUT2D eigenvalue weighted by atomic mass is 9.94. The highest BCUT2D eigenvalue weighted by Crippen LogP contribution is 2.30. The Hall–Kier alpha value is -5.11. The summed E-state index contributed by atoms with van der Waals surface area (Å²) in [7, 11) is 1.57. The summed E-state index contributed by atoms with van der Waals surface area (Å²) in [5.41, 5.74) is 3.94. The second-order valence-corrected chi connectivity index (χ2v) is 9.86. The van der Waals surface area contributed by atoms with Crippen LogP contribution in [0.5, 0.6) is 11.5 Å². The molecular weight excluding hydrogens is 544 g/mol.